The maximum Gasteiger partial charge on any atom is 0.141 e. The van der Waals surface area contributed by atoms with Gasteiger partial charge in [-0.2, -0.15) is 0 Å². The molecular weight excluding hydrogens is 186 g/mol. The molecule has 2 N–H and O–H groups in total. The molecule has 0 amide bonds. The van der Waals surface area contributed by atoms with E-state index in [4.69, 9.17) is 5.73 Å². The molecule has 0 bridgehead atoms. The molecular formula is C13H17NO. The van der Waals surface area contributed by atoms with Crippen molar-refractivity contribution in [2.75, 3.05) is 0 Å². The van der Waals surface area contributed by atoms with Crippen LogP contribution in [-0.4, -0.2) is 5.78 Å². The Morgan fingerprint density at radius 3 is 2.47 bits per heavy atom. The first kappa shape index (κ1) is 11.7. The molecule has 0 aliphatic heterocycles. The largest absolute Gasteiger partial charge is 0.326 e. The summed E-state index contributed by atoms with van der Waals surface area (Å²) in [6.45, 7) is 6.08. The number of hydrogen-bond donors (Lipinski definition) is 1. The van der Waals surface area contributed by atoms with Crippen LogP contribution in [0.4, 0.5) is 0 Å². The summed E-state index contributed by atoms with van der Waals surface area (Å²) in [5.41, 5.74) is 8.59. The number of ketones is 1. The fourth-order valence-electron chi connectivity index (χ4n) is 1.54. The van der Waals surface area contributed by atoms with E-state index in [-0.39, 0.29) is 5.78 Å². The van der Waals surface area contributed by atoms with Gasteiger partial charge in [0.2, 0.25) is 0 Å². The maximum atomic E-state index is 11.6. The second kappa shape index (κ2) is 5.47. The number of rotatable bonds is 5. The predicted octanol–water partition coefficient (Wildman–Crippen LogP) is 2.22. The minimum atomic E-state index is 0.198. The standard InChI is InChI=1S/C13H17NO/c1-10(2)7-13(15)8-11-5-3-4-6-12(11)9-14/h3-6H,1,7-9,14H2,2H3. The highest BCUT2D eigenvalue weighted by Crippen LogP contribution is 2.11. The first-order valence-electron chi connectivity index (χ1n) is 5.06. The molecule has 0 spiro atoms. The van der Waals surface area contributed by atoms with Crippen molar-refractivity contribution >= 4 is 5.78 Å². The van der Waals surface area contributed by atoms with Crippen LogP contribution in [0.5, 0.6) is 0 Å². The van der Waals surface area contributed by atoms with Gasteiger partial charge >= 0.3 is 0 Å². The van der Waals surface area contributed by atoms with Crippen LogP contribution in [-0.2, 0) is 17.8 Å². The third-order valence-electron chi connectivity index (χ3n) is 2.22. The van der Waals surface area contributed by atoms with Crippen LogP contribution in [0.25, 0.3) is 0 Å². The van der Waals surface area contributed by atoms with E-state index in [0.29, 0.717) is 19.4 Å². The molecule has 0 unspecified atom stereocenters. The highest BCUT2D eigenvalue weighted by molar-refractivity contribution is 5.83. The van der Waals surface area contributed by atoms with Gasteiger partial charge in [0, 0.05) is 19.4 Å². The normalized spacial score (nSPS) is 10.0. The van der Waals surface area contributed by atoms with Crippen LogP contribution in [0.3, 0.4) is 0 Å². The number of benzene rings is 1. The minimum absolute atomic E-state index is 0.198. The Bertz CT molecular complexity index is 369. The number of carbonyl (C=O) groups is 1. The van der Waals surface area contributed by atoms with Crippen LogP contribution < -0.4 is 5.73 Å². The molecule has 0 aliphatic carbocycles. The molecule has 0 atom stereocenters. The Morgan fingerprint density at radius 1 is 1.33 bits per heavy atom. The van der Waals surface area contributed by atoms with Crippen molar-refractivity contribution in [3.8, 4) is 0 Å². The van der Waals surface area contributed by atoms with E-state index in [9.17, 15) is 4.79 Å². The van der Waals surface area contributed by atoms with Gasteiger partial charge < -0.3 is 5.73 Å². The lowest BCUT2D eigenvalue weighted by Crippen LogP contribution is -2.07. The van der Waals surface area contributed by atoms with Gasteiger partial charge in [-0.3, -0.25) is 4.79 Å². The van der Waals surface area contributed by atoms with Crippen molar-refractivity contribution in [2.24, 2.45) is 5.73 Å². The zero-order valence-corrected chi connectivity index (χ0v) is 9.12. The van der Waals surface area contributed by atoms with Crippen molar-refractivity contribution in [1.82, 2.24) is 0 Å². The van der Waals surface area contributed by atoms with Gasteiger partial charge in [0.25, 0.3) is 0 Å². The van der Waals surface area contributed by atoms with E-state index in [1.807, 2.05) is 31.2 Å². The number of nitrogens with two attached hydrogens (primary N) is 1. The molecule has 0 aliphatic rings. The molecule has 2 nitrogen and oxygen atoms in total. The Labute approximate surface area is 90.8 Å². The van der Waals surface area contributed by atoms with E-state index >= 15 is 0 Å². The van der Waals surface area contributed by atoms with Crippen LogP contribution in [0, 0.1) is 0 Å². The first-order valence-corrected chi connectivity index (χ1v) is 5.06. The second-order valence-corrected chi connectivity index (χ2v) is 3.82. The summed E-state index contributed by atoms with van der Waals surface area (Å²) >= 11 is 0. The van der Waals surface area contributed by atoms with Crippen molar-refractivity contribution in [1.29, 1.82) is 0 Å². The summed E-state index contributed by atoms with van der Waals surface area (Å²) in [4.78, 5) is 11.6. The van der Waals surface area contributed by atoms with Crippen LogP contribution in [0.1, 0.15) is 24.5 Å². The summed E-state index contributed by atoms with van der Waals surface area (Å²) < 4.78 is 0. The molecule has 80 valence electrons. The molecule has 15 heavy (non-hydrogen) atoms. The molecule has 0 saturated heterocycles. The van der Waals surface area contributed by atoms with E-state index in [0.717, 1.165) is 16.7 Å². The average molecular weight is 203 g/mol. The summed E-state index contributed by atoms with van der Waals surface area (Å²) in [5, 5.41) is 0. The van der Waals surface area contributed by atoms with Gasteiger partial charge in [-0.1, -0.05) is 36.4 Å². The number of hydrogen-bond acceptors (Lipinski definition) is 2. The quantitative estimate of drug-likeness (QED) is 0.746. The van der Waals surface area contributed by atoms with Crippen molar-refractivity contribution in [3.63, 3.8) is 0 Å². The van der Waals surface area contributed by atoms with Crippen molar-refractivity contribution in [3.05, 3.63) is 47.5 Å². The Balaban J connectivity index is 2.71. The lowest BCUT2D eigenvalue weighted by molar-refractivity contribution is -0.117. The van der Waals surface area contributed by atoms with Gasteiger partial charge in [-0.25, -0.2) is 0 Å². The lowest BCUT2D eigenvalue weighted by atomic mass is 10.00. The number of carbonyl (C=O) groups excluding carboxylic acids is 1. The number of Topliss-reactive ketones (excluding diaryl/α,β-unsaturated/α-hetero) is 1. The van der Waals surface area contributed by atoms with E-state index < -0.39 is 0 Å². The third-order valence-corrected chi connectivity index (χ3v) is 2.22. The molecule has 0 radical (unpaired) electrons. The van der Waals surface area contributed by atoms with Crippen molar-refractivity contribution in [2.45, 2.75) is 26.3 Å². The van der Waals surface area contributed by atoms with Gasteiger partial charge in [-0.05, 0) is 18.1 Å². The van der Waals surface area contributed by atoms with Gasteiger partial charge in [0.15, 0.2) is 0 Å². The topological polar surface area (TPSA) is 43.1 Å². The summed E-state index contributed by atoms with van der Waals surface area (Å²) in [7, 11) is 0. The molecule has 0 fully saturated rings. The first-order chi connectivity index (χ1) is 7.13. The summed E-state index contributed by atoms with van der Waals surface area (Å²) in [6, 6.07) is 7.79. The van der Waals surface area contributed by atoms with E-state index in [1.165, 1.54) is 0 Å². The zero-order chi connectivity index (χ0) is 11.3. The van der Waals surface area contributed by atoms with Crippen LogP contribution in [0.2, 0.25) is 0 Å². The zero-order valence-electron chi connectivity index (χ0n) is 9.12. The molecule has 2 heteroatoms. The van der Waals surface area contributed by atoms with E-state index in [2.05, 4.69) is 6.58 Å². The monoisotopic (exact) mass is 203 g/mol. The SMILES string of the molecule is C=C(C)CC(=O)Cc1ccccc1CN. The lowest BCUT2D eigenvalue weighted by Gasteiger charge is -2.06. The third kappa shape index (κ3) is 3.68. The van der Waals surface area contributed by atoms with Crippen LogP contribution in [0.15, 0.2) is 36.4 Å². The minimum Gasteiger partial charge on any atom is -0.326 e. The Kier molecular flexibility index (Phi) is 4.25. The summed E-state index contributed by atoms with van der Waals surface area (Å²) in [6.07, 6.45) is 0.916. The predicted molar refractivity (Wildman–Crippen MR) is 62.5 cm³/mol. The van der Waals surface area contributed by atoms with Crippen LogP contribution >= 0.6 is 0 Å². The molecule has 1 rings (SSSR count). The highest BCUT2D eigenvalue weighted by atomic mass is 16.1. The fourth-order valence-corrected chi connectivity index (χ4v) is 1.54. The molecule has 0 heterocycles. The van der Waals surface area contributed by atoms with E-state index in [1.54, 1.807) is 0 Å². The van der Waals surface area contributed by atoms with Gasteiger partial charge in [-0.15, -0.1) is 0 Å². The fraction of sp³-hybridized carbons (Fsp3) is 0.308. The Morgan fingerprint density at radius 2 is 1.93 bits per heavy atom. The summed E-state index contributed by atoms with van der Waals surface area (Å²) in [5.74, 6) is 0.198. The molecule has 1 aromatic carbocycles. The van der Waals surface area contributed by atoms with Gasteiger partial charge in [0.05, 0.1) is 0 Å². The average Bonchev–Trinajstić information content (AvgIpc) is 2.17. The number of allylic oxidation sites excluding steroid dienone is 1. The molecule has 1 aromatic rings. The molecule has 0 aromatic heterocycles. The van der Waals surface area contributed by atoms with Gasteiger partial charge in [0.1, 0.15) is 5.78 Å². The second-order valence-electron chi connectivity index (χ2n) is 3.82. The maximum absolute atomic E-state index is 11.6. The Hall–Kier alpha value is -1.41. The highest BCUT2D eigenvalue weighted by Gasteiger charge is 2.06. The molecule has 0 saturated carbocycles. The van der Waals surface area contributed by atoms with Crippen molar-refractivity contribution < 1.29 is 4.79 Å². The smallest absolute Gasteiger partial charge is 0.141 e.